The number of hydrogen-bond donors (Lipinski definition) is 3. The van der Waals surface area contributed by atoms with Crippen LogP contribution in [-0.4, -0.2) is 43.5 Å². The third-order valence-corrected chi connectivity index (χ3v) is 5.99. The maximum absolute atomic E-state index is 11.9. The Morgan fingerprint density at radius 1 is 1.32 bits per heavy atom. The van der Waals surface area contributed by atoms with Crippen molar-refractivity contribution >= 4 is 6.03 Å². The molecule has 3 aliphatic carbocycles. The van der Waals surface area contributed by atoms with Gasteiger partial charge in [0.25, 0.3) is 0 Å². The number of carbonyl (C=O) groups excluding carboxylic acids is 1. The van der Waals surface area contributed by atoms with Crippen LogP contribution in [0.25, 0.3) is 0 Å². The summed E-state index contributed by atoms with van der Waals surface area (Å²) in [6, 6.07) is 8.51. The van der Waals surface area contributed by atoms with E-state index < -0.39 is 6.10 Å². The lowest BCUT2D eigenvalue weighted by Gasteiger charge is -2.14. The van der Waals surface area contributed by atoms with Gasteiger partial charge in [0.1, 0.15) is 0 Å². The van der Waals surface area contributed by atoms with Gasteiger partial charge in [-0.15, -0.1) is 0 Å². The van der Waals surface area contributed by atoms with Gasteiger partial charge in [-0.3, -0.25) is 0 Å². The van der Waals surface area contributed by atoms with Crippen LogP contribution in [0.15, 0.2) is 24.3 Å². The van der Waals surface area contributed by atoms with Crippen molar-refractivity contribution in [1.29, 1.82) is 0 Å². The summed E-state index contributed by atoms with van der Waals surface area (Å²) in [5, 5.41) is 15.5. The molecule has 1 aromatic rings. The van der Waals surface area contributed by atoms with Gasteiger partial charge in [-0.25, -0.2) is 4.79 Å². The van der Waals surface area contributed by atoms with E-state index in [4.69, 9.17) is 4.74 Å². The molecule has 5 nitrogen and oxygen atoms in total. The molecule has 4 rings (SSSR count). The first-order valence-corrected chi connectivity index (χ1v) is 9.53. The lowest BCUT2D eigenvalue weighted by Crippen LogP contribution is -2.42. The smallest absolute Gasteiger partial charge is 0.314 e. The third kappa shape index (κ3) is 3.82. The van der Waals surface area contributed by atoms with Crippen molar-refractivity contribution in [1.82, 2.24) is 10.6 Å². The minimum absolute atomic E-state index is 0.199. The van der Waals surface area contributed by atoms with Gasteiger partial charge in [0.15, 0.2) is 0 Å². The highest BCUT2D eigenvalue weighted by Gasteiger charge is 2.57. The van der Waals surface area contributed by atoms with Crippen LogP contribution in [0.4, 0.5) is 4.79 Å². The lowest BCUT2D eigenvalue weighted by atomic mass is 9.95. The quantitative estimate of drug-likeness (QED) is 0.675. The number of carbonyl (C=O) groups is 1. The van der Waals surface area contributed by atoms with Crippen molar-refractivity contribution in [2.75, 3.05) is 26.3 Å². The van der Waals surface area contributed by atoms with Crippen LogP contribution < -0.4 is 10.6 Å². The molecule has 0 heterocycles. The van der Waals surface area contributed by atoms with E-state index >= 15 is 0 Å². The molecule has 3 N–H and O–H groups in total. The Kier molecular flexibility index (Phi) is 4.69. The molecule has 1 spiro atoms. The number of benzene rings is 1. The van der Waals surface area contributed by atoms with Gasteiger partial charge < -0.3 is 20.5 Å². The zero-order valence-corrected chi connectivity index (χ0v) is 14.7. The number of aryl methyl sites for hydroxylation is 1. The van der Waals surface area contributed by atoms with Crippen molar-refractivity contribution in [3.63, 3.8) is 0 Å². The molecule has 0 unspecified atom stereocenters. The molecule has 136 valence electrons. The van der Waals surface area contributed by atoms with Crippen LogP contribution in [0, 0.1) is 11.8 Å². The molecular weight excluding hydrogens is 316 g/mol. The number of hydrogen-bond acceptors (Lipinski definition) is 3. The fourth-order valence-electron chi connectivity index (χ4n) is 4.20. The SMILES string of the molecule is O=C(NC[C@H](O)COCC1CC1)NC[C@@H]1C[C@]12CCc1ccccc12. The van der Waals surface area contributed by atoms with E-state index in [1.54, 1.807) is 0 Å². The molecule has 5 heteroatoms. The minimum atomic E-state index is -0.640. The van der Waals surface area contributed by atoms with E-state index in [9.17, 15) is 9.90 Å². The third-order valence-electron chi connectivity index (χ3n) is 5.99. The molecule has 2 fully saturated rings. The van der Waals surface area contributed by atoms with E-state index in [2.05, 4.69) is 34.9 Å². The number of nitrogens with one attached hydrogen (secondary N) is 2. The second kappa shape index (κ2) is 6.96. The van der Waals surface area contributed by atoms with Crippen LogP contribution in [0.1, 0.15) is 36.8 Å². The molecule has 0 radical (unpaired) electrons. The first-order valence-electron chi connectivity index (χ1n) is 9.53. The average Bonchev–Trinajstić information content (AvgIpc) is 3.51. The Labute approximate surface area is 149 Å². The summed E-state index contributed by atoms with van der Waals surface area (Å²) in [4.78, 5) is 11.9. The first-order chi connectivity index (χ1) is 12.2. The van der Waals surface area contributed by atoms with E-state index in [-0.39, 0.29) is 12.6 Å². The largest absolute Gasteiger partial charge is 0.389 e. The highest BCUT2D eigenvalue weighted by Crippen LogP contribution is 2.61. The standard InChI is InChI=1S/C20H28N2O3/c23-17(13-25-12-14-5-6-14)11-22-19(24)21-10-16-9-20(16)8-7-15-3-1-2-4-18(15)20/h1-4,14,16-17,23H,5-13H2,(H2,21,22,24)/t16-,17-,20+/m0/s1. The Balaban J connectivity index is 1.14. The molecule has 1 aromatic carbocycles. The van der Waals surface area contributed by atoms with Gasteiger partial charge in [0.2, 0.25) is 0 Å². The fourth-order valence-corrected chi connectivity index (χ4v) is 4.20. The van der Waals surface area contributed by atoms with Crippen molar-refractivity contribution in [3.05, 3.63) is 35.4 Å². The van der Waals surface area contributed by atoms with Crippen molar-refractivity contribution in [2.24, 2.45) is 11.8 Å². The fraction of sp³-hybridized carbons (Fsp3) is 0.650. The molecule has 0 bridgehead atoms. The number of urea groups is 1. The maximum Gasteiger partial charge on any atom is 0.314 e. The van der Waals surface area contributed by atoms with Crippen LogP contribution in [0.5, 0.6) is 0 Å². The topological polar surface area (TPSA) is 70.6 Å². The number of ether oxygens (including phenoxy) is 1. The highest BCUT2D eigenvalue weighted by molar-refractivity contribution is 5.74. The Hall–Kier alpha value is -1.59. The molecule has 3 atom stereocenters. The monoisotopic (exact) mass is 344 g/mol. The van der Waals surface area contributed by atoms with Gasteiger partial charge in [0.05, 0.1) is 12.7 Å². The van der Waals surface area contributed by atoms with Gasteiger partial charge in [-0.1, -0.05) is 24.3 Å². The zero-order valence-electron chi connectivity index (χ0n) is 14.7. The van der Waals surface area contributed by atoms with Gasteiger partial charge in [-0.2, -0.15) is 0 Å². The second-order valence-electron chi connectivity index (χ2n) is 7.94. The van der Waals surface area contributed by atoms with Gasteiger partial charge in [0, 0.05) is 25.1 Å². The molecule has 0 aliphatic heterocycles. The molecular formula is C20H28N2O3. The Morgan fingerprint density at radius 3 is 3.00 bits per heavy atom. The molecule has 2 saturated carbocycles. The van der Waals surface area contributed by atoms with E-state index in [1.165, 1.54) is 36.8 Å². The van der Waals surface area contributed by atoms with Crippen molar-refractivity contribution in [3.8, 4) is 0 Å². The lowest BCUT2D eigenvalue weighted by molar-refractivity contribution is 0.0337. The normalized spacial score (nSPS) is 27.8. The molecule has 3 aliphatic rings. The van der Waals surface area contributed by atoms with Gasteiger partial charge >= 0.3 is 6.03 Å². The predicted octanol–water partition coefficient (Wildman–Crippen LogP) is 1.98. The highest BCUT2D eigenvalue weighted by atomic mass is 16.5. The molecule has 2 amide bonds. The average molecular weight is 344 g/mol. The molecule has 25 heavy (non-hydrogen) atoms. The maximum atomic E-state index is 11.9. The number of aliphatic hydroxyl groups is 1. The summed E-state index contributed by atoms with van der Waals surface area (Å²) in [6.45, 7) is 1.96. The Bertz CT molecular complexity index is 631. The van der Waals surface area contributed by atoms with E-state index in [1.807, 2.05) is 0 Å². The van der Waals surface area contributed by atoms with Crippen LogP contribution in [-0.2, 0) is 16.6 Å². The summed E-state index contributed by atoms with van der Waals surface area (Å²) >= 11 is 0. The number of amides is 2. The molecule has 0 saturated heterocycles. The molecule has 0 aromatic heterocycles. The van der Waals surface area contributed by atoms with Crippen LogP contribution >= 0.6 is 0 Å². The minimum Gasteiger partial charge on any atom is -0.389 e. The number of rotatable bonds is 8. The zero-order chi connectivity index (χ0) is 17.3. The van der Waals surface area contributed by atoms with Crippen LogP contribution in [0.3, 0.4) is 0 Å². The van der Waals surface area contributed by atoms with E-state index in [0.29, 0.717) is 30.4 Å². The summed E-state index contributed by atoms with van der Waals surface area (Å²) in [7, 11) is 0. The number of fused-ring (bicyclic) bond motifs is 2. The second-order valence-corrected chi connectivity index (χ2v) is 7.94. The summed E-state index contributed by atoms with van der Waals surface area (Å²) in [5.74, 6) is 1.23. The number of aliphatic hydroxyl groups excluding tert-OH is 1. The van der Waals surface area contributed by atoms with Gasteiger partial charge in [-0.05, 0) is 55.1 Å². The van der Waals surface area contributed by atoms with Crippen molar-refractivity contribution in [2.45, 2.75) is 43.6 Å². The summed E-state index contributed by atoms with van der Waals surface area (Å²) in [6.07, 6.45) is 5.37. The van der Waals surface area contributed by atoms with Crippen LogP contribution in [0.2, 0.25) is 0 Å². The van der Waals surface area contributed by atoms with E-state index in [0.717, 1.165) is 13.0 Å². The predicted molar refractivity (Wildman–Crippen MR) is 95.5 cm³/mol. The first kappa shape index (κ1) is 16.9. The summed E-state index contributed by atoms with van der Waals surface area (Å²) < 4.78 is 5.43. The van der Waals surface area contributed by atoms with Crippen molar-refractivity contribution < 1.29 is 14.6 Å². The summed E-state index contributed by atoms with van der Waals surface area (Å²) in [5.41, 5.74) is 3.27. The Morgan fingerprint density at radius 2 is 2.16 bits per heavy atom.